The predicted molar refractivity (Wildman–Crippen MR) is 133 cm³/mol. The quantitative estimate of drug-likeness (QED) is 0.423. The molecule has 2 aliphatic rings. The van der Waals surface area contributed by atoms with Crippen molar-refractivity contribution in [2.75, 3.05) is 0 Å². The maximum Gasteiger partial charge on any atom is 0.330 e. The first-order valence-electron chi connectivity index (χ1n) is 12.2. The van der Waals surface area contributed by atoms with Crippen LogP contribution in [-0.4, -0.2) is 33.8 Å². The van der Waals surface area contributed by atoms with Gasteiger partial charge < -0.3 is 5.11 Å². The Morgan fingerprint density at radius 1 is 1.03 bits per heavy atom. The van der Waals surface area contributed by atoms with E-state index in [0.717, 1.165) is 35.0 Å². The molecule has 2 aromatic carbocycles. The maximum absolute atomic E-state index is 13.9. The van der Waals surface area contributed by atoms with Crippen LogP contribution in [-0.2, 0) is 6.54 Å². The van der Waals surface area contributed by atoms with Crippen LogP contribution < -0.4 is 5.69 Å². The highest BCUT2D eigenvalue weighted by atomic mass is 16.3. The maximum atomic E-state index is 13.9. The third-order valence-electron chi connectivity index (χ3n) is 7.46. The van der Waals surface area contributed by atoms with E-state index < -0.39 is 6.10 Å². The number of aliphatic hydroxyl groups excluding tert-OH is 1. The summed E-state index contributed by atoms with van der Waals surface area (Å²) in [6, 6.07) is 15.0. The molecule has 5 aromatic rings. The van der Waals surface area contributed by atoms with Crippen molar-refractivity contribution >= 4 is 22.2 Å². The highest BCUT2D eigenvalue weighted by molar-refractivity contribution is 5.79. The highest BCUT2D eigenvalue weighted by Crippen LogP contribution is 2.39. The van der Waals surface area contributed by atoms with Gasteiger partial charge in [0.15, 0.2) is 5.65 Å². The molecule has 2 atom stereocenters. The molecule has 3 heterocycles. The van der Waals surface area contributed by atoms with Gasteiger partial charge in [0.25, 0.3) is 0 Å². The molecular formula is C27H23N7O2. The molecule has 0 amide bonds. The molecule has 1 N–H and O–H groups in total. The Kier molecular flexibility index (Phi) is 4.59. The van der Waals surface area contributed by atoms with Gasteiger partial charge in [-0.1, -0.05) is 24.3 Å². The van der Waals surface area contributed by atoms with Crippen LogP contribution >= 0.6 is 0 Å². The van der Waals surface area contributed by atoms with E-state index in [-0.39, 0.29) is 11.7 Å². The van der Waals surface area contributed by atoms with Crippen LogP contribution in [0.5, 0.6) is 0 Å². The summed E-state index contributed by atoms with van der Waals surface area (Å²) in [6.45, 7) is 0.654. The van der Waals surface area contributed by atoms with Gasteiger partial charge >= 0.3 is 5.69 Å². The highest BCUT2D eigenvalue weighted by Gasteiger charge is 2.32. The second-order valence-corrected chi connectivity index (χ2v) is 9.75. The first kappa shape index (κ1) is 21.0. The van der Waals surface area contributed by atoms with Crippen LogP contribution in [0.3, 0.4) is 0 Å². The molecule has 0 spiro atoms. The van der Waals surface area contributed by atoms with Gasteiger partial charge in [-0.2, -0.15) is 10.2 Å². The van der Waals surface area contributed by atoms with Crippen LogP contribution in [0.2, 0.25) is 0 Å². The van der Waals surface area contributed by atoms with Crippen molar-refractivity contribution in [3.05, 3.63) is 82.2 Å². The average Bonchev–Trinajstić information content (AvgIpc) is 3.57. The number of aromatic nitrogens is 6. The Balaban J connectivity index is 1.46. The van der Waals surface area contributed by atoms with Crippen LogP contribution in [0.4, 0.5) is 0 Å². The second-order valence-electron chi connectivity index (χ2n) is 9.75. The number of nitrogens with zero attached hydrogens (tertiary/aromatic N) is 7. The zero-order valence-electron chi connectivity index (χ0n) is 19.4. The molecule has 178 valence electrons. The largest absolute Gasteiger partial charge is 0.388 e. The number of aliphatic hydroxyl groups is 1. The summed E-state index contributed by atoms with van der Waals surface area (Å²) >= 11 is 0. The monoisotopic (exact) mass is 477 g/mol. The van der Waals surface area contributed by atoms with Crippen LogP contribution in [0.15, 0.2) is 59.8 Å². The fourth-order valence-electron chi connectivity index (χ4n) is 5.43. The molecule has 9 nitrogen and oxygen atoms in total. The molecule has 1 saturated carbocycles. The van der Waals surface area contributed by atoms with E-state index in [1.165, 1.54) is 0 Å². The molecular weight excluding hydrogens is 454 g/mol. The van der Waals surface area contributed by atoms with Crippen molar-refractivity contribution in [2.24, 2.45) is 5.92 Å². The summed E-state index contributed by atoms with van der Waals surface area (Å²) in [7, 11) is 0. The molecule has 1 fully saturated rings. The van der Waals surface area contributed by atoms with Crippen molar-refractivity contribution < 1.29 is 5.11 Å². The first-order valence-corrected chi connectivity index (χ1v) is 12.2. The minimum absolute atomic E-state index is 0.0956. The average molecular weight is 478 g/mol. The Bertz CT molecular complexity index is 1750. The standard InChI is InChI=1S/C27H23N7O2/c28-12-17-7-8-20-22(11-17)33(15-30-20)26-29-13-23-25(31-26)34(27(36)32(23)14-16-5-6-16)21-9-10-24(35)19-4-2-1-3-18(19)21/h1-4,7-8,11,13,15-16,21,24,35H,5-6,9-10,14H2. The van der Waals surface area contributed by atoms with E-state index >= 15 is 0 Å². The number of benzene rings is 2. The predicted octanol–water partition coefficient (Wildman–Crippen LogP) is 3.63. The van der Waals surface area contributed by atoms with Crippen molar-refractivity contribution in [3.8, 4) is 12.0 Å². The molecule has 3 aromatic heterocycles. The number of nitriles is 1. The summed E-state index contributed by atoms with van der Waals surface area (Å²) in [5, 5.41) is 20.0. The van der Waals surface area contributed by atoms with Crippen molar-refractivity contribution in [1.29, 1.82) is 5.26 Å². The van der Waals surface area contributed by atoms with Crippen LogP contribution in [0.1, 0.15) is 54.5 Å². The summed E-state index contributed by atoms with van der Waals surface area (Å²) < 4.78 is 5.35. The minimum Gasteiger partial charge on any atom is -0.388 e. The Morgan fingerprint density at radius 3 is 2.67 bits per heavy atom. The third kappa shape index (κ3) is 3.18. The van der Waals surface area contributed by atoms with Crippen LogP contribution in [0.25, 0.3) is 28.1 Å². The second kappa shape index (κ2) is 7.86. The van der Waals surface area contributed by atoms with E-state index in [2.05, 4.69) is 16.0 Å². The fourth-order valence-corrected chi connectivity index (χ4v) is 5.43. The zero-order valence-corrected chi connectivity index (χ0v) is 19.4. The van der Waals surface area contributed by atoms with E-state index in [9.17, 15) is 15.2 Å². The Hall–Kier alpha value is -4.29. The molecule has 36 heavy (non-hydrogen) atoms. The first-order chi connectivity index (χ1) is 17.6. The molecule has 0 aliphatic heterocycles. The summed E-state index contributed by atoms with van der Waals surface area (Å²) in [5.74, 6) is 0.894. The van der Waals surface area contributed by atoms with Gasteiger partial charge in [0.05, 0.1) is 41.0 Å². The van der Waals surface area contributed by atoms with Gasteiger partial charge in [-0.05, 0) is 60.9 Å². The zero-order chi connectivity index (χ0) is 24.4. The number of imidazole rings is 2. The van der Waals surface area contributed by atoms with Crippen LogP contribution in [0, 0.1) is 17.2 Å². The summed E-state index contributed by atoms with van der Waals surface area (Å²) in [6.07, 6.45) is 6.29. The Labute approximate surface area is 205 Å². The topological polar surface area (TPSA) is 115 Å². The third-order valence-corrected chi connectivity index (χ3v) is 7.46. The lowest BCUT2D eigenvalue weighted by molar-refractivity contribution is 0.147. The normalized spacial score (nSPS) is 19.4. The molecule has 7 rings (SSSR count). The van der Waals surface area contributed by atoms with E-state index in [4.69, 9.17) is 4.98 Å². The van der Waals surface area contributed by atoms with Gasteiger partial charge in [0, 0.05) is 6.54 Å². The molecule has 9 heteroatoms. The van der Waals surface area contributed by atoms with Crippen molar-refractivity contribution in [1.82, 2.24) is 28.7 Å². The minimum atomic E-state index is -0.537. The SMILES string of the molecule is N#Cc1ccc2ncn(-c3ncc4c(n3)n(C3CCC(O)c5ccccc53)c(=O)n4CC3CC3)c2c1. The number of rotatable bonds is 4. The number of fused-ring (bicyclic) bond motifs is 3. The summed E-state index contributed by atoms with van der Waals surface area (Å²) in [4.78, 5) is 27.8. The van der Waals surface area contributed by atoms with Crippen molar-refractivity contribution in [3.63, 3.8) is 0 Å². The lowest BCUT2D eigenvalue weighted by Crippen LogP contribution is -2.31. The molecule has 0 bridgehead atoms. The smallest absolute Gasteiger partial charge is 0.330 e. The van der Waals surface area contributed by atoms with Gasteiger partial charge in [-0.15, -0.1) is 0 Å². The van der Waals surface area contributed by atoms with Crippen molar-refractivity contribution in [2.45, 2.75) is 44.4 Å². The number of hydrogen-bond acceptors (Lipinski definition) is 6. The molecule has 2 unspecified atom stereocenters. The number of hydrogen-bond donors (Lipinski definition) is 1. The van der Waals surface area contributed by atoms with E-state index in [0.29, 0.717) is 48.0 Å². The van der Waals surface area contributed by atoms with Gasteiger partial charge in [0.1, 0.15) is 11.8 Å². The van der Waals surface area contributed by atoms with Gasteiger partial charge in [-0.3, -0.25) is 13.7 Å². The summed E-state index contributed by atoms with van der Waals surface area (Å²) in [5.41, 5.74) is 4.99. The molecule has 0 saturated heterocycles. The lowest BCUT2D eigenvalue weighted by Gasteiger charge is -2.29. The lowest BCUT2D eigenvalue weighted by atomic mass is 9.85. The van der Waals surface area contributed by atoms with E-state index in [1.54, 1.807) is 39.9 Å². The fraction of sp³-hybridized carbons (Fsp3) is 0.296. The molecule has 0 radical (unpaired) electrons. The van der Waals surface area contributed by atoms with Gasteiger partial charge in [-0.25, -0.2) is 14.8 Å². The van der Waals surface area contributed by atoms with Gasteiger partial charge in [0.2, 0.25) is 5.95 Å². The van der Waals surface area contributed by atoms with E-state index in [1.807, 2.05) is 28.8 Å². The molecule has 2 aliphatic carbocycles. The Morgan fingerprint density at radius 2 is 1.86 bits per heavy atom.